The summed E-state index contributed by atoms with van der Waals surface area (Å²) in [6, 6.07) is 5.62. The lowest BCUT2D eigenvalue weighted by Crippen LogP contribution is -2.60. The Balaban J connectivity index is 1.10. The second kappa shape index (κ2) is 9.54. The molecule has 1 aromatic carbocycles. The minimum atomic E-state index is -0.584. The maximum absolute atomic E-state index is 13.0. The van der Waals surface area contributed by atoms with Gasteiger partial charge in [-0.3, -0.25) is 24.6 Å². The van der Waals surface area contributed by atoms with Gasteiger partial charge in [0.1, 0.15) is 17.9 Å². The predicted molar refractivity (Wildman–Crippen MR) is 130 cm³/mol. The van der Waals surface area contributed by atoms with E-state index in [4.69, 9.17) is 4.74 Å². The van der Waals surface area contributed by atoms with E-state index in [2.05, 4.69) is 15.5 Å². The summed E-state index contributed by atoms with van der Waals surface area (Å²) < 4.78 is 6.58. The molecule has 8 nitrogen and oxygen atoms in total. The number of nitrogens with one attached hydrogen (secondary N) is 2. The standard InChI is InChI=1S/C27H36N4O4/c32-25-8-7-23(26(33)29-25)31-16-18-13-20(5-6-21(18)27(31)34)35-24-4-2-1-3-22(24)30-14-19(15-30)17-9-11-28-12-10-17/h5-6,13,17,19,22-24,28H,1-4,7-12,14-16H2,(H,29,32,33)/t22-,23?,24+/m1/s1. The molecular weight excluding hydrogens is 444 g/mol. The van der Waals surface area contributed by atoms with Crippen LogP contribution in [0.3, 0.4) is 0 Å². The van der Waals surface area contributed by atoms with Gasteiger partial charge in [-0.1, -0.05) is 6.42 Å². The Kier molecular flexibility index (Phi) is 6.26. The van der Waals surface area contributed by atoms with Gasteiger partial charge in [0.25, 0.3) is 5.91 Å². The fourth-order valence-electron chi connectivity index (χ4n) is 6.86. The molecule has 3 amide bonds. The van der Waals surface area contributed by atoms with Crippen molar-refractivity contribution in [3.8, 4) is 5.75 Å². The van der Waals surface area contributed by atoms with Crippen molar-refractivity contribution in [3.63, 3.8) is 0 Å². The van der Waals surface area contributed by atoms with Crippen molar-refractivity contribution < 1.29 is 19.1 Å². The number of hydrogen-bond acceptors (Lipinski definition) is 6. The molecule has 3 saturated heterocycles. The largest absolute Gasteiger partial charge is 0.489 e. The van der Waals surface area contributed by atoms with Gasteiger partial charge in [0.15, 0.2) is 0 Å². The molecule has 0 spiro atoms. The average molecular weight is 481 g/mol. The second-order valence-corrected chi connectivity index (χ2v) is 11.0. The summed E-state index contributed by atoms with van der Waals surface area (Å²) >= 11 is 0. The highest BCUT2D eigenvalue weighted by Gasteiger charge is 2.42. The number of carbonyl (C=O) groups is 3. The van der Waals surface area contributed by atoms with E-state index in [0.29, 0.717) is 24.6 Å². The highest BCUT2D eigenvalue weighted by Crippen LogP contribution is 2.37. The molecule has 0 aromatic heterocycles. The number of ether oxygens (including phenoxy) is 1. The fraction of sp³-hybridized carbons (Fsp3) is 0.667. The normalized spacial score (nSPS) is 30.7. The molecule has 1 saturated carbocycles. The van der Waals surface area contributed by atoms with Crippen LogP contribution in [0.2, 0.25) is 0 Å². The first-order valence-corrected chi connectivity index (χ1v) is 13.5. The van der Waals surface area contributed by atoms with E-state index in [1.165, 1.54) is 45.2 Å². The molecule has 1 unspecified atom stereocenters. The molecule has 1 aliphatic carbocycles. The van der Waals surface area contributed by atoms with Gasteiger partial charge in [-0.05, 0) is 87.2 Å². The molecule has 4 heterocycles. The Bertz CT molecular complexity index is 1000. The van der Waals surface area contributed by atoms with Crippen LogP contribution >= 0.6 is 0 Å². The smallest absolute Gasteiger partial charge is 0.255 e. The lowest BCUT2D eigenvalue weighted by molar-refractivity contribution is -0.136. The Morgan fingerprint density at radius 1 is 0.914 bits per heavy atom. The van der Waals surface area contributed by atoms with Gasteiger partial charge in [0.05, 0.1) is 0 Å². The summed E-state index contributed by atoms with van der Waals surface area (Å²) in [4.78, 5) is 41.1. The SMILES string of the molecule is O=C1CCC(N2Cc3cc(O[C@H]4CCCC[C@H]4N4CC(C5CCNCC5)C4)ccc3C2=O)C(=O)N1. The zero-order chi connectivity index (χ0) is 23.9. The Morgan fingerprint density at radius 2 is 1.71 bits per heavy atom. The maximum atomic E-state index is 13.0. The Labute approximate surface area is 206 Å². The maximum Gasteiger partial charge on any atom is 0.255 e. The van der Waals surface area contributed by atoms with Crippen molar-refractivity contribution in [2.75, 3.05) is 26.2 Å². The second-order valence-electron chi connectivity index (χ2n) is 11.0. The molecule has 0 radical (unpaired) electrons. The average Bonchev–Trinajstić information content (AvgIpc) is 3.15. The summed E-state index contributed by atoms with van der Waals surface area (Å²) in [5.41, 5.74) is 1.54. The Hall–Kier alpha value is -2.45. The lowest BCUT2D eigenvalue weighted by Gasteiger charge is -2.51. The van der Waals surface area contributed by atoms with Gasteiger partial charge >= 0.3 is 0 Å². The number of amides is 3. The molecule has 188 valence electrons. The first kappa shape index (κ1) is 23.0. The molecule has 8 heteroatoms. The highest BCUT2D eigenvalue weighted by atomic mass is 16.5. The first-order chi connectivity index (χ1) is 17.1. The fourth-order valence-corrected chi connectivity index (χ4v) is 6.86. The van der Waals surface area contributed by atoms with Crippen LogP contribution < -0.4 is 15.4 Å². The zero-order valence-corrected chi connectivity index (χ0v) is 20.3. The molecular formula is C27H36N4O4. The number of fused-ring (bicyclic) bond motifs is 1. The number of likely N-dealkylation sites (tertiary alicyclic amines) is 1. The third-order valence-electron chi connectivity index (χ3n) is 8.91. The highest BCUT2D eigenvalue weighted by molar-refractivity contribution is 6.05. The number of imide groups is 1. The molecule has 0 bridgehead atoms. The first-order valence-electron chi connectivity index (χ1n) is 13.5. The van der Waals surface area contributed by atoms with Crippen LogP contribution in [0.1, 0.15) is 67.3 Å². The monoisotopic (exact) mass is 480 g/mol. The van der Waals surface area contributed by atoms with Crippen LogP contribution in [0.15, 0.2) is 18.2 Å². The molecule has 5 aliphatic rings. The number of piperidine rings is 2. The minimum absolute atomic E-state index is 0.138. The zero-order valence-electron chi connectivity index (χ0n) is 20.3. The van der Waals surface area contributed by atoms with E-state index in [0.717, 1.165) is 42.7 Å². The lowest BCUT2D eigenvalue weighted by atomic mass is 9.78. The molecule has 6 rings (SSSR count). The summed E-state index contributed by atoms with van der Waals surface area (Å²) in [7, 11) is 0. The summed E-state index contributed by atoms with van der Waals surface area (Å²) in [6.45, 7) is 5.12. The van der Waals surface area contributed by atoms with E-state index in [1.54, 1.807) is 4.90 Å². The molecule has 1 aromatic rings. The van der Waals surface area contributed by atoms with Gasteiger partial charge in [-0.15, -0.1) is 0 Å². The molecule has 3 atom stereocenters. The van der Waals surface area contributed by atoms with Gasteiger partial charge in [0, 0.05) is 37.7 Å². The third kappa shape index (κ3) is 4.47. The van der Waals surface area contributed by atoms with Crippen LogP contribution in [0.25, 0.3) is 0 Å². The van der Waals surface area contributed by atoms with E-state index < -0.39 is 6.04 Å². The minimum Gasteiger partial charge on any atom is -0.489 e. The van der Waals surface area contributed by atoms with Crippen LogP contribution in [0.5, 0.6) is 5.75 Å². The van der Waals surface area contributed by atoms with Crippen molar-refractivity contribution in [2.24, 2.45) is 11.8 Å². The van der Waals surface area contributed by atoms with Gasteiger partial charge in [-0.25, -0.2) is 0 Å². The van der Waals surface area contributed by atoms with Crippen molar-refractivity contribution >= 4 is 17.7 Å². The summed E-state index contributed by atoms with van der Waals surface area (Å²) in [5.74, 6) is 1.75. The van der Waals surface area contributed by atoms with E-state index in [1.807, 2.05) is 18.2 Å². The number of nitrogens with zero attached hydrogens (tertiary/aromatic N) is 2. The number of carbonyl (C=O) groups excluding carboxylic acids is 3. The van der Waals surface area contributed by atoms with Crippen molar-refractivity contribution in [3.05, 3.63) is 29.3 Å². The number of rotatable bonds is 5. The van der Waals surface area contributed by atoms with Crippen molar-refractivity contribution in [1.82, 2.24) is 20.4 Å². The van der Waals surface area contributed by atoms with Crippen LogP contribution in [0.4, 0.5) is 0 Å². The molecule has 35 heavy (non-hydrogen) atoms. The quantitative estimate of drug-likeness (QED) is 0.627. The van der Waals surface area contributed by atoms with Gasteiger partial charge in [-0.2, -0.15) is 0 Å². The van der Waals surface area contributed by atoms with Gasteiger partial charge < -0.3 is 15.0 Å². The topological polar surface area (TPSA) is 91.0 Å². The van der Waals surface area contributed by atoms with Crippen LogP contribution in [-0.4, -0.2) is 71.9 Å². The molecule has 4 fully saturated rings. The van der Waals surface area contributed by atoms with Crippen molar-refractivity contribution in [2.45, 2.75) is 76.1 Å². The van der Waals surface area contributed by atoms with E-state index >= 15 is 0 Å². The predicted octanol–water partition coefficient (Wildman–Crippen LogP) is 2.07. The summed E-state index contributed by atoms with van der Waals surface area (Å²) in [5, 5.41) is 5.85. The van der Waals surface area contributed by atoms with E-state index in [-0.39, 0.29) is 30.2 Å². The number of hydrogen-bond donors (Lipinski definition) is 2. The van der Waals surface area contributed by atoms with E-state index in [9.17, 15) is 14.4 Å². The van der Waals surface area contributed by atoms with Crippen LogP contribution in [0, 0.1) is 11.8 Å². The molecule has 2 N–H and O–H groups in total. The summed E-state index contributed by atoms with van der Waals surface area (Å²) in [6.07, 6.45) is 8.17. The molecule has 4 aliphatic heterocycles. The van der Waals surface area contributed by atoms with Crippen LogP contribution in [-0.2, 0) is 16.1 Å². The van der Waals surface area contributed by atoms with Crippen molar-refractivity contribution in [1.29, 1.82) is 0 Å². The van der Waals surface area contributed by atoms with Gasteiger partial charge in [0.2, 0.25) is 11.8 Å². The third-order valence-corrected chi connectivity index (χ3v) is 8.91. The number of benzene rings is 1. The Morgan fingerprint density at radius 3 is 2.51 bits per heavy atom.